The van der Waals surface area contributed by atoms with Gasteiger partial charge in [-0.05, 0) is 71.1 Å². The average molecular weight is 320 g/mol. The van der Waals surface area contributed by atoms with Crippen LogP contribution in [0.4, 0.5) is 5.69 Å². The predicted molar refractivity (Wildman–Crippen MR) is 83.5 cm³/mol. The third kappa shape index (κ3) is 4.28. The molecule has 2 aromatic carbocycles. The van der Waals surface area contributed by atoms with E-state index in [1.54, 1.807) is 0 Å². The molecule has 19 heavy (non-hydrogen) atoms. The van der Waals surface area contributed by atoms with Crippen molar-refractivity contribution in [3.63, 3.8) is 0 Å². The molecule has 0 saturated heterocycles. The summed E-state index contributed by atoms with van der Waals surface area (Å²) in [5.41, 5.74) is 9.05. The fourth-order valence-electron chi connectivity index (χ4n) is 1.93. The molecule has 0 aliphatic carbocycles. The summed E-state index contributed by atoms with van der Waals surface area (Å²) in [5.74, 6) is 0.901. The van der Waals surface area contributed by atoms with Gasteiger partial charge < -0.3 is 10.5 Å². The molecule has 0 amide bonds. The van der Waals surface area contributed by atoms with E-state index in [1.165, 1.54) is 11.1 Å². The van der Waals surface area contributed by atoms with Gasteiger partial charge in [0.2, 0.25) is 0 Å². The van der Waals surface area contributed by atoms with E-state index in [2.05, 4.69) is 41.1 Å². The zero-order valence-corrected chi connectivity index (χ0v) is 12.6. The van der Waals surface area contributed by atoms with Gasteiger partial charge in [0, 0.05) is 5.69 Å². The molecule has 2 aromatic rings. The maximum Gasteiger partial charge on any atom is 0.133 e. The van der Waals surface area contributed by atoms with E-state index in [1.807, 2.05) is 24.3 Å². The largest absolute Gasteiger partial charge is 0.492 e. The number of benzene rings is 2. The molecule has 0 spiro atoms. The molecule has 2 rings (SSSR count). The first-order valence-corrected chi connectivity index (χ1v) is 7.18. The van der Waals surface area contributed by atoms with Gasteiger partial charge in [0.25, 0.3) is 0 Å². The van der Waals surface area contributed by atoms with Gasteiger partial charge in [0.15, 0.2) is 0 Å². The van der Waals surface area contributed by atoms with E-state index in [-0.39, 0.29) is 0 Å². The number of aryl methyl sites for hydroxylation is 2. The number of halogens is 1. The molecule has 100 valence electrons. The molecule has 0 unspecified atom stereocenters. The van der Waals surface area contributed by atoms with E-state index >= 15 is 0 Å². The van der Waals surface area contributed by atoms with Crippen LogP contribution >= 0.6 is 15.9 Å². The summed E-state index contributed by atoms with van der Waals surface area (Å²) >= 11 is 3.51. The summed E-state index contributed by atoms with van der Waals surface area (Å²) in [6, 6.07) is 14.1. The summed E-state index contributed by atoms with van der Waals surface area (Å²) in [6.45, 7) is 2.77. The minimum absolute atomic E-state index is 0.705. The quantitative estimate of drug-likeness (QED) is 0.656. The second kappa shape index (κ2) is 6.62. The summed E-state index contributed by atoms with van der Waals surface area (Å²) in [4.78, 5) is 0. The highest BCUT2D eigenvalue weighted by molar-refractivity contribution is 9.10. The SMILES string of the molecule is Cc1ccc(OCCCc2cccc(N)c2)c(Br)c1. The Bertz CT molecular complexity index is 554. The van der Waals surface area contributed by atoms with E-state index in [4.69, 9.17) is 10.5 Å². The molecule has 0 fully saturated rings. The van der Waals surface area contributed by atoms with E-state index in [0.29, 0.717) is 6.61 Å². The standard InChI is InChI=1S/C16H18BrNO/c1-12-7-8-16(15(17)10-12)19-9-3-5-13-4-2-6-14(18)11-13/h2,4,6-8,10-11H,3,5,9,18H2,1H3. The van der Waals surface area contributed by atoms with Crippen molar-refractivity contribution in [2.75, 3.05) is 12.3 Å². The van der Waals surface area contributed by atoms with Gasteiger partial charge in [-0.2, -0.15) is 0 Å². The Kier molecular flexibility index (Phi) is 4.86. The summed E-state index contributed by atoms with van der Waals surface area (Å²) in [7, 11) is 0. The normalized spacial score (nSPS) is 10.4. The third-order valence-corrected chi connectivity index (χ3v) is 3.53. The minimum atomic E-state index is 0.705. The monoisotopic (exact) mass is 319 g/mol. The lowest BCUT2D eigenvalue weighted by Crippen LogP contribution is -2.00. The predicted octanol–water partition coefficient (Wildman–Crippen LogP) is 4.35. The molecule has 0 heterocycles. The Hall–Kier alpha value is -1.48. The molecule has 2 N–H and O–H groups in total. The van der Waals surface area contributed by atoms with Crippen LogP contribution in [0, 0.1) is 6.92 Å². The van der Waals surface area contributed by atoms with Crippen molar-refractivity contribution in [1.82, 2.24) is 0 Å². The summed E-state index contributed by atoms with van der Waals surface area (Å²) in [5, 5.41) is 0. The zero-order chi connectivity index (χ0) is 13.7. The molecule has 0 saturated carbocycles. The van der Waals surface area contributed by atoms with Crippen LogP contribution in [0.3, 0.4) is 0 Å². The lowest BCUT2D eigenvalue weighted by atomic mass is 10.1. The Morgan fingerprint density at radius 3 is 2.74 bits per heavy atom. The fraction of sp³-hybridized carbons (Fsp3) is 0.250. The fourth-order valence-corrected chi connectivity index (χ4v) is 2.54. The molecule has 3 heteroatoms. The molecular formula is C16H18BrNO. The van der Waals surface area contributed by atoms with Crippen molar-refractivity contribution in [2.45, 2.75) is 19.8 Å². The molecule has 0 bridgehead atoms. The number of hydrogen-bond acceptors (Lipinski definition) is 2. The van der Waals surface area contributed by atoms with Crippen molar-refractivity contribution >= 4 is 21.6 Å². The van der Waals surface area contributed by atoms with Crippen molar-refractivity contribution in [1.29, 1.82) is 0 Å². The minimum Gasteiger partial charge on any atom is -0.492 e. The first kappa shape index (κ1) is 13.9. The summed E-state index contributed by atoms with van der Waals surface area (Å²) < 4.78 is 6.78. The Morgan fingerprint density at radius 2 is 2.00 bits per heavy atom. The number of hydrogen-bond donors (Lipinski definition) is 1. The molecule has 0 atom stereocenters. The van der Waals surface area contributed by atoms with Crippen molar-refractivity contribution in [2.24, 2.45) is 0 Å². The third-order valence-electron chi connectivity index (χ3n) is 2.91. The van der Waals surface area contributed by atoms with Crippen LogP contribution in [0.5, 0.6) is 5.75 Å². The van der Waals surface area contributed by atoms with Crippen LogP contribution in [0.2, 0.25) is 0 Å². The molecular weight excluding hydrogens is 302 g/mol. The Labute approximate surface area is 122 Å². The Morgan fingerprint density at radius 1 is 1.16 bits per heavy atom. The maximum atomic E-state index is 5.77. The van der Waals surface area contributed by atoms with Gasteiger partial charge in [-0.1, -0.05) is 18.2 Å². The van der Waals surface area contributed by atoms with Crippen LogP contribution in [0.25, 0.3) is 0 Å². The lowest BCUT2D eigenvalue weighted by molar-refractivity contribution is 0.309. The number of rotatable bonds is 5. The first-order valence-electron chi connectivity index (χ1n) is 6.38. The van der Waals surface area contributed by atoms with Crippen LogP contribution in [-0.2, 0) is 6.42 Å². The van der Waals surface area contributed by atoms with Crippen molar-refractivity contribution < 1.29 is 4.74 Å². The highest BCUT2D eigenvalue weighted by Crippen LogP contribution is 2.25. The van der Waals surface area contributed by atoms with Gasteiger partial charge in [0.1, 0.15) is 5.75 Å². The first-order chi connectivity index (χ1) is 9.15. The Balaban J connectivity index is 1.81. The van der Waals surface area contributed by atoms with Crippen LogP contribution < -0.4 is 10.5 Å². The van der Waals surface area contributed by atoms with E-state index in [0.717, 1.165) is 28.8 Å². The number of ether oxygens (including phenoxy) is 1. The van der Waals surface area contributed by atoms with Crippen LogP contribution in [0.1, 0.15) is 17.5 Å². The molecule has 0 radical (unpaired) electrons. The molecule has 2 nitrogen and oxygen atoms in total. The zero-order valence-electron chi connectivity index (χ0n) is 11.0. The van der Waals surface area contributed by atoms with Crippen LogP contribution in [-0.4, -0.2) is 6.61 Å². The highest BCUT2D eigenvalue weighted by atomic mass is 79.9. The van der Waals surface area contributed by atoms with E-state index in [9.17, 15) is 0 Å². The molecule has 0 aliphatic rings. The number of nitrogens with two attached hydrogens (primary N) is 1. The lowest BCUT2D eigenvalue weighted by Gasteiger charge is -2.09. The molecule has 0 aliphatic heterocycles. The smallest absolute Gasteiger partial charge is 0.133 e. The van der Waals surface area contributed by atoms with Gasteiger partial charge in [-0.15, -0.1) is 0 Å². The van der Waals surface area contributed by atoms with Gasteiger partial charge >= 0.3 is 0 Å². The second-order valence-corrected chi connectivity index (χ2v) is 5.49. The topological polar surface area (TPSA) is 35.2 Å². The molecule has 0 aromatic heterocycles. The van der Waals surface area contributed by atoms with Crippen molar-refractivity contribution in [3.05, 3.63) is 58.1 Å². The number of nitrogen functional groups attached to an aromatic ring is 1. The van der Waals surface area contributed by atoms with E-state index < -0.39 is 0 Å². The van der Waals surface area contributed by atoms with Crippen LogP contribution in [0.15, 0.2) is 46.9 Å². The maximum absolute atomic E-state index is 5.77. The highest BCUT2D eigenvalue weighted by Gasteiger charge is 2.01. The van der Waals surface area contributed by atoms with Gasteiger partial charge in [-0.3, -0.25) is 0 Å². The van der Waals surface area contributed by atoms with Gasteiger partial charge in [-0.25, -0.2) is 0 Å². The summed E-state index contributed by atoms with van der Waals surface area (Å²) in [6.07, 6.45) is 1.96. The average Bonchev–Trinajstić information content (AvgIpc) is 2.37. The number of anilines is 1. The second-order valence-electron chi connectivity index (χ2n) is 4.63. The van der Waals surface area contributed by atoms with Crippen molar-refractivity contribution in [3.8, 4) is 5.75 Å². The van der Waals surface area contributed by atoms with Gasteiger partial charge in [0.05, 0.1) is 11.1 Å².